The largest absolute Gasteiger partial charge is 0.494 e. The van der Waals surface area contributed by atoms with E-state index in [2.05, 4.69) is 69.3 Å². The van der Waals surface area contributed by atoms with Gasteiger partial charge in [-0.2, -0.15) is 0 Å². The third kappa shape index (κ3) is 12.3. The molecule has 184 valence electrons. The van der Waals surface area contributed by atoms with Crippen molar-refractivity contribution >= 4 is 0 Å². The van der Waals surface area contributed by atoms with Crippen LogP contribution in [0.25, 0.3) is 11.1 Å². The van der Waals surface area contributed by atoms with Crippen LogP contribution in [-0.2, 0) is 11.3 Å². The molecule has 0 bridgehead atoms. The van der Waals surface area contributed by atoms with Gasteiger partial charge in [-0.15, -0.1) is 0 Å². The van der Waals surface area contributed by atoms with Gasteiger partial charge in [0.25, 0.3) is 0 Å². The van der Waals surface area contributed by atoms with E-state index in [0.717, 1.165) is 25.2 Å². The second-order valence-electron chi connectivity index (χ2n) is 9.52. The summed E-state index contributed by atoms with van der Waals surface area (Å²) >= 11 is 0. The molecule has 0 amide bonds. The molecule has 2 rings (SSSR count). The molecule has 1 atom stereocenters. The Morgan fingerprint density at radius 2 is 1.12 bits per heavy atom. The number of unbranched alkanes of at least 4 members (excludes halogenated alkanes) is 10. The Labute approximate surface area is 204 Å². The number of hydrogen-bond donors (Lipinski definition) is 0. The zero-order valence-electron chi connectivity index (χ0n) is 21.6. The Bertz CT molecular complexity index is 705. The molecule has 2 nitrogen and oxygen atoms in total. The van der Waals surface area contributed by atoms with Crippen LogP contribution in [0.4, 0.5) is 0 Å². The Morgan fingerprint density at radius 1 is 0.606 bits per heavy atom. The standard InChI is InChI=1S/C31H48O2/c1-4-6-8-10-11-12-13-15-25-32-31-23-21-30(22-24-31)29-19-17-28(18-20-29)26-33-27(3)16-14-9-7-5-2/h17-24,27H,4-16,25-26H2,1-3H3. The van der Waals surface area contributed by atoms with Crippen molar-refractivity contribution < 1.29 is 9.47 Å². The van der Waals surface area contributed by atoms with Crippen LogP contribution in [-0.4, -0.2) is 12.7 Å². The summed E-state index contributed by atoms with van der Waals surface area (Å²) in [5.74, 6) is 0.972. The van der Waals surface area contributed by atoms with E-state index < -0.39 is 0 Å². The zero-order valence-corrected chi connectivity index (χ0v) is 21.6. The van der Waals surface area contributed by atoms with Crippen LogP contribution < -0.4 is 4.74 Å². The van der Waals surface area contributed by atoms with Crippen molar-refractivity contribution in [3.8, 4) is 16.9 Å². The summed E-state index contributed by atoms with van der Waals surface area (Å²) in [5, 5.41) is 0. The normalized spacial score (nSPS) is 12.1. The Balaban J connectivity index is 1.64. The third-order valence-electron chi connectivity index (χ3n) is 6.41. The van der Waals surface area contributed by atoms with Gasteiger partial charge >= 0.3 is 0 Å². The summed E-state index contributed by atoms with van der Waals surface area (Å²) in [6, 6.07) is 17.3. The van der Waals surface area contributed by atoms with E-state index in [-0.39, 0.29) is 0 Å². The van der Waals surface area contributed by atoms with Gasteiger partial charge in [0, 0.05) is 0 Å². The number of benzene rings is 2. The minimum Gasteiger partial charge on any atom is -0.494 e. The SMILES string of the molecule is CCCCCCCCCCOc1ccc(-c2ccc(COC(C)CCCCCC)cc2)cc1. The fourth-order valence-electron chi connectivity index (χ4n) is 4.14. The summed E-state index contributed by atoms with van der Waals surface area (Å²) in [7, 11) is 0. The molecule has 0 aliphatic heterocycles. The molecule has 0 N–H and O–H groups in total. The van der Waals surface area contributed by atoms with Crippen LogP contribution in [0.15, 0.2) is 48.5 Å². The quantitative estimate of drug-likeness (QED) is 0.197. The molecule has 0 heterocycles. The second-order valence-corrected chi connectivity index (χ2v) is 9.52. The minimum absolute atomic E-state index is 0.333. The lowest BCUT2D eigenvalue weighted by molar-refractivity contribution is 0.0459. The molecule has 2 aromatic rings. The van der Waals surface area contributed by atoms with Gasteiger partial charge in [0.15, 0.2) is 0 Å². The third-order valence-corrected chi connectivity index (χ3v) is 6.41. The molecule has 0 saturated carbocycles. The average Bonchev–Trinajstić information content (AvgIpc) is 2.85. The van der Waals surface area contributed by atoms with Crippen molar-refractivity contribution in [2.24, 2.45) is 0 Å². The maximum absolute atomic E-state index is 6.04. The van der Waals surface area contributed by atoms with E-state index >= 15 is 0 Å². The summed E-state index contributed by atoms with van der Waals surface area (Å²) in [4.78, 5) is 0. The fourth-order valence-corrected chi connectivity index (χ4v) is 4.14. The molecular weight excluding hydrogens is 404 g/mol. The van der Waals surface area contributed by atoms with Crippen molar-refractivity contribution in [3.63, 3.8) is 0 Å². The van der Waals surface area contributed by atoms with Gasteiger partial charge < -0.3 is 9.47 Å². The van der Waals surface area contributed by atoms with E-state index in [1.54, 1.807) is 0 Å². The second kappa shape index (κ2) is 17.6. The van der Waals surface area contributed by atoms with Gasteiger partial charge in [-0.1, -0.05) is 121 Å². The van der Waals surface area contributed by atoms with E-state index in [1.165, 1.54) is 87.3 Å². The molecule has 0 aliphatic carbocycles. The Morgan fingerprint density at radius 3 is 1.73 bits per heavy atom. The highest BCUT2D eigenvalue weighted by atomic mass is 16.5. The molecule has 2 heteroatoms. The van der Waals surface area contributed by atoms with Crippen molar-refractivity contribution in [1.29, 1.82) is 0 Å². The van der Waals surface area contributed by atoms with Crippen molar-refractivity contribution in [2.45, 2.75) is 117 Å². The van der Waals surface area contributed by atoms with Gasteiger partial charge in [-0.25, -0.2) is 0 Å². The van der Waals surface area contributed by atoms with E-state index in [4.69, 9.17) is 9.47 Å². The lowest BCUT2D eigenvalue weighted by Gasteiger charge is -2.13. The minimum atomic E-state index is 0.333. The zero-order chi connectivity index (χ0) is 23.6. The maximum atomic E-state index is 6.04. The van der Waals surface area contributed by atoms with Crippen LogP contribution >= 0.6 is 0 Å². The lowest BCUT2D eigenvalue weighted by atomic mass is 10.0. The van der Waals surface area contributed by atoms with E-state index in [9.17, 15) is 0 Å². The number of hydrogen-bond acceptors (Lipinski definition) is 2. The molecule has 0 spiro atoms. The molecular formula is C31H48O2. The highest BCUT2D eigenvalue weighted by molar-refractivity contribution is 5.64. The predicted octanol–water partition coefficient (Wildman–Crippen LogP) is 9.75. The summed E-state index contributed by atoms with van der Waals surface area (Å²) < 4.78 is 12.0. The monoisotopic (exact) mass is 452 g/mol. The van der Waals surface area contributed by atoms with Gasteiger partial charge in [0.05, 0.1) is 19.3 Å². The van der Waals surface area contributed by atoms with Crippen molar-refractivity contribution in [2.75, 3.05) is 6.61 Å². The molecule has 0 aromatic heterocycles. The molecule has 2 aromatic carbocycles. The average molecular weight is 453 g/mol. The predicted molar refractivity (Wildman–Crippen MR) is 143 cm³/mol. The van der Waals surface area contributed by atoms with Crippen LogP contribution in [0.3, 0.4) is 0 Å². The maximum Gasteiger partial charge on any atom is 0.119 e. The summed E-state index contributed by atoms with van der Waals surface area (Å²) in [6.45, 7) is 8.23. The number of ether oxygens (including phenoxy) is 2. The number of rotatable bonds is 19. The molecule has 33 heavy (non-hydrogen) atoms. The van der Waals surface area contributed by atoms with Crippen LogP contribution in [0.2, 0.25) is 0 Å². The topological polar surface area (TPSA) is 18.5 Å². The molecule has 0 saturated heterocycles. The first kappa shape index (κ1) is 27.4. The van der Waals surface area contributed by atoms with Crippen molar-refractivity contribution in [3.05, 3.63) is 54.1 Å². The van der Waals surface area contributed by atoms with Gasteiger partial charge in [-0.3, -0.25) is 0 Å². The van der Waals surface area contributed by atoms with E-state index in [0.29, 0.717) is 12.7 Å². The summed E-state index contributed by atoms with van der Waals surface area (Å²) in [5.41, 5.74) is 3.71. The smallest absolute Gasteiger partial charge is 0.119 e. The summed E-state index contributed by atoms with van der Waals surface area (Å²) in [6.07, 6.45) is 17.3. The van der Waals surface area contributed by atoms with Crippen LogP contribution in [0.5, 0.6) is 5.75 Å². The Hall–Kier alpha value is -1.80. The molecule has 0 fully saturated rings. The van der Waals surface area contributed by atoms with Crippen LogP contribution in [0.1, 0.15) is 110 Å². The molecule has 0 radical (unpaired) electrons. The van der Waals surface area contributed by atoms with Crippen molar-refractivity contribution in [1.82, 2.24) is 0 Å². The van der Waals surface area contributed by atoms with Gasteiger partial charge in [0.2, 0.25) is 0 Å². The molecule has 0 aliphatic rings. The van der Waals surface area contributed by atoms with Gasteiger partial charge in [0.1, 0.15) is 5.75 Å². The van der Waals surface area contributed by atoms with E-state index in [1.807, 2.05) is 0 Å². The highest BCUT2D eigenvalue weighted by Crippen LogP contribution is 2.23. The van der Waals surface area contributed by atoms with Gasteiger partial charge in [-0.05, 0) is 48.6 Å². The first-order chi connectivity index (χ1) is 16.2. The fraction of sp³-hybridized carbons (Fsp3) is 0.613. The molecule has 1 unspecified atom stereocenters. The van der Waals surface area contributed by atoms with Crippen LogP contribution in [0, 0.1) is 0 Å². The Kier molecular flexibility index (Phi) is 14.7. The highest BCUT2D eigenvalue weighted by Gasteiger charge is 2.04. The first-order valence-electron chi connectivity index (χ1n) is 13.7. The first-order valence-corrected chi connectivity index (χ1v) is 13.7. The lowest BCUT2D eigenvalue weighted by Crippen LogP contribution is -2.07.